The number of carbonyl (C=O) groups is 2. The highest BCUT2D eigenvalue weighted by Crippen LogP contribution is 2.38. The van der Waals surface area contributed by atoms with E-state index in [-0.39, 0.29) is 12.7 Å². The monoisotopic (exact) mass is 492 g/mol. The molecule has 1 aliphatic carbocycles. The molecule has 36 heavy (non-hydrogen) atoms. The van der Waals surface area contributed by atoms with Crippen LogP contribution >= 0.6 is 0 Å². The molecule has 2 aliphatic rings. The predicted octanol–water partition coefficient (Wildman–Crippen LogP) is 4.70. The maximum Gasteiger partial charge on any atom is 0.326 e. The molecule has 190 valence electrons. The molecule has 2 aromatic heterocycles. The van der Waals surface area contributed by atoms with Crippen molar-refractivity contribution in [2.24, 2.45) is 5.92 Å². The molecule has 5 rings (SSSR count). The first-order valence-electron chi connectivity index (χ1n) is 12.7. The number of hydrogen-bond donors (Lipinski definition) is 3. The number of amides is 1. The third kappa shape index (κ3) is 4.69. The number of nitrogens with one attached hydrogen (secondary N) is 2. The fraction of sp³-hybridized carbons (Fsp3) is 0.444. The van der Waals surface area contributed by atoms with E-state index in [1.54, 1.807) is 12.1 Å². The summed E-state index contributed by atoms with van der Waals surface area (Å²) in [5.74, 6) is 0.593. The van der Waals surface area contributed by atoms with Crippen molar-refractivity contribution >= 4 is 23.3 Å². The van der Waals surface area contributed by atoms with E-state index < -0.39 is 17.9 Å². The van der Waals surface area contributed by atoms with Gasteiger partial charge >= 0.3 is 5.97 Å². The van der Waals surface area contributed by atoms with Crippen molar-refractivity contribution in [3.8, 4) is 22.8 Å². The number of hydrogen-bond acceptors (Lipinski definition) is 6. The number of aliphatic carboxylic acids is 1. The van der Waals surface area contributed by atoms with Crippen molar-refractivity contribution in [3.05, 3.63) is 42.1 Å². The summed E-state index contributed by atoms with van der Waals surface area (Å²) in [5, 5.41) is 16.0. The Morgan fingerprint density at radius 2 is 1.92 bits per heavy atom. The number of carboxylic acid groups (broad SMARTS) is 1. The Labute approximate surface area is 209 Å². The van der Waals surface area contributed by atoms with Crippen LogP contribution in [0.15, 0.2) is 36.5 Å². The number of pyridine rings is 1. The second kappa shape index (κ2) is 10.1. The van der Waals surface area contributed by atoms with Gasteiger partial charge in [0.25, 0.3) is 5.91 Å². The average molecular weight is 493 g/mol. The summed E-state index contributed by atoms with van der Waals surface area (Å²) in [5.41, 5.74) is 2.61. The van der Waals surface area contributed by atoms with Gasteiger partial charge in [0.05, 0.1) is 0 Å². The lowest BCUT2D eigenvalue weighted by molar-refractivity contribution is -0.140. The van der Waals surface area contributed by atoms with Crippen LogP contribution in [0.5, 0.6) is 11.5 Å². The van der Waals surface area contributed by atoms with E-state index in [0.29, 0.717) is 35.2 Å². The Morgan fingerprint density at radius 3 is 2.67 bits per heavy atom. The second-order valence-corrected chi connectivity index (χ2v) is 9.67. The van der Waals surface area contributed by atoms with Crippen LogP contribution in [0.4, 0.5) is 5.82 Å². The smallest absolute Gasteiger partial charge is 0.326 e. The van der Waals surface area contributed by atoms with Gasteiger partial charge in [-0.3, -0.25) is 9.20 Å². The lowest BCUT2D eigenvalue weighted by Gasteiger charge is -2.24. The summed E-state index contributed by atoms with van der Waals surface area (Å²) in [4.78, 5) is 29.6. The molecular formula is C27H32N4O5. The number of nitrogens with zero attached hydrogens (tertiary/aromatic N) is 2. The van der Waals surface area contributed by atoms with Crippen molar-refractivity contribution in [1.82, 2.24) is 14.7 Å². The minimum absolute atomic E-state index is 0.189. The number of aromatic nitrogens is 2. The average Bonchev–Trinajstić information content (AvgIpc) is 3.51. The maximum atomic E-state index is 13.0. The Morgan fingerprint density at radius 1 is 1.14 bits per heavy atom. The minimum Gasteiger partial charge on any atom is -0.480 e. The molecule has 1 amide bonds. The zero-order valence-corrected chi connectivity index (χ0v) is 20.6. The quantitative estimate of drug-likeness (QED) is 0.417. The highest BCUT2D eigenvalue weighted by Gasteiger charge is 2.27. The minimum atomic E-state index is -1.04. The SMILES string of the molecule is CCC(C)C(NC(=O)c1ccn2c(NC3CCCCC3)c(-c3ccc4c(c3)OCO4)nc2c1)C(=O)O. The Hall–Kier alpha value is -3.75. The summed E-state index contributed by atoms with van der Waals surface area (Å²) in [6.07, 6.45) is 8.30. The van der Waals surface area contributed by atoms with Crippen LogP contribution in [0, 0.1) is 5.92 Å². The van der Waals surface area contributed by atoms with Crippen LogP contribution in [-0.4, -0.2) is 45.2 Å². The molecule has 1 fully saturated rings. The van der Waals surface area contributed by atoms with Crippen LogP contribution in [0.3, 0.4) is 0 Å². The van der Waals surface area contributed by atoms with Gasteiger partial charge < -0.3 is 25.2 Å². The number of carbonyl (C=O) groups excluding carboxylic acids is 1. The van der Waals surface area contributed by atoms with E-state index in [4.69, 9.17) is 14.5 Å². The van der Waals surface area contributed by atoms with Gasteiger partial charge in [-0.2, -0.15) is 0 Å². The van der Waals surface area contributed by atoms with Gasteiger partial charge in [-0.1, -0.05) is 39.5 Å². The summed E-state index contributed by atoms with van der Waals surface area (Å²) >= 11 is 0. The third-order valence-corrected chi connectivity index (χ3v) is 7.25. The van der Waals surface area contributed by atoms with Gasteiger partial charge in [0.1, 0.15) is 23.2 Å². The van der Waals surface area contributed by atoms with Gasteiger partial charge in [0, 0.05) is 23.4 Å². The van der Waals surface area contributed by atoms with Gasteiger partial charge in [-0.05, 0) is 49.1 Å². The molecule has 0 bridgehead atoms. The lowest BCUT2D eigenvalue weighted by atomic mass is 9.95. The van der Waals surface area contributed by atoms with Crippen molar-refractivity contribution in [1.29, 1.82) is 0 Å². The van der Waals surface area contributed by atoms with Crippen LogP contribution in [0.25, 0.3) is 16.9 Å². The first kappa shape index (κ1) is 24.0. The molecule has 0 saturated heterocycles. The van der Waals surface area contributed by atoms with Crippen LogP contribution < -0.4 is 20.1 Å². The first-order chi connectivity index (χ1) is 17.4. The van der Waals surface area contributed by atoms with Crippen LogP contribution in [0.1, 0.15) is 62.7 Å². The fourth-order valence-electron chi connectivity index (χ4n) is 4.92. The first-order valence-corrected chi connectivity index (χ1v) is 12.7. The second-order valence-electron chi connectivity index (χ2n) is 9.67. The van der Waals surface area contributed by atoms with E-state index in [9.17, 15) is 14.7 Å². The molecule has 3 aromatic rings. The topological polar surface area (TPSA) is 114 Å². The molecule has 9 nitrogen and oxygen atoms in total. The third-order valence-electron chi connectivity index (χ3n) is 7.25. The Balaban J connectivity index is 1.51. The van der Waals surface area contributed by atoms with Crippen LogP contribution in [0.2, 0.25) is 0 Å². The van der Waals surface area contributed by atoms with Crippen molar-refractivity contribution in [2.75, 3.05) is 12.1 Å². The van der Waals surface area contributed by atoms with Gasteiger partial charge in [-0.25, -0.2) is 9.78 Å². The predicted molar refractivity (Wildman–Crippen MR) is 136 cm³/mol. The van der Waals surface area contributed by atoms with E-state index in [0.717, 1.165) is 29.9 Å². The Kier molecular flexibility index (Phi) is 6.71. The summed E-state index contributed by atoms with van der Waals surface area (Å²) in [6.45, 7) is 3.92. The largest absolute Gasteiger partial charge is 0.480 e. The molecular weight excluding hydrogens is 460 g/mol. The number of imidazole rings is 1. The molecule has 3 N–H and O–H groups in total. The van der Waals surface area contributed by atoms with E-state index in [2.05, 4.69) is 10.6 Å². The number of ether oxygens (including phenoxy) is 2. The molecule has 2 atom stereocenters. The van der Waals surface area contributed by atoms with Gasteiger partial charge in [0.15, 0.2) is 11.5 Å². The molecule has 1 saturated carbocycles. The number of rotatable bonds is 8. The van der Waals surface area contributed by atoms with E-state index in [1.165, 1.54) is 19.3 Å². The van der Waals surface area contributed by atoms with Crippen molar-refractivity contribution in [2.45, 2.75) is 64.5 Å². The number of carboxylic acids is 1. The number of fused-ring (bicyclic) bond motifs is 2. The van der Waals surface area contributed by atoms with Crippen LogP contribution in [-0.2, 0) is 4.79 Å². The highest BCUT2D eigenvalue weighted by molar-refractivity contribution is 5.97. The van der Waals surface area contributed by atoms with Crippen molar-refractivity contribution in [3.63, 3.8) is 0 Å². The molecule has 1 aromatic carbocycles. The summed E-state index contributed by atoms with van der Waals surface area (Å²) in [7, 11) is 0. The number of anilines is 1. The molecule has 0 spiro atoms. The molecule has 3 heterocycles. The summed E-state index contributed by atoms with van der Waals surface area (Å²) in [6, 6.07) is 8.56. The lowest BCUT2D eigenvalue weighted by Crippen LogP contribution is -2.45. The molecule has 1 aliphatic heterocycles. The van der Waals surface area contributed by atoms with E-state index >= 15 is 0 Å². The summed E-state index contributed by atoms with van der Waals surface area (Å²) < 4.78 is 13.0. The van der Waals surface area contributed by atoms with Gasteiger partial charge in [0.2, 0.25) is 6.79 Å². The number of benzene rings is 1. The normalized spacial score (nSPS) is 17.1. The highest BCUT2D eigenvalue weighted by atomic mass is 16.7. The fourth-order valence-corrected chi connectivity index (χ4v) is 4.92. The zero-order valence-electron chi connectivity index (χ0n) is 20.6. The van der Waals surface area contributed by atoms with E-state index in [1.807, 2.05) is 42.6 Å². The molecule has 9 heteroatoms. The maximum absolute atomic E-state index is 13.0. The molecule has 2 unspecified atom stereocenters. The molecule has 0 radical (unpaired) electrons. The Bertz CT molecular complexity index is 1280. The van der Waals surface area contributed by atoms with Gasteiger partial charge in [-0.15, -0.1) is 0 Å². The van der Waals surface area contributed by atoms with Crippen molar-refractivity contribution < 1.29 is 24.2 Å². The standard InChI is InChI=1S/C27H32N4O5/c1-3-16(2)23(27(33)34)30-26(32)18-11-12-31-22(14-18)29-24(25(31)28-19-7-5-4-6-8-19)17-9-10-20-21(13-17)36-15-35-20/h9-14,16,19,23,28H,3-8,15H2,1-2H3,(H,30,32)(H,33,34). The zero-order chi connectivity index (χ0) is 25.2.